The minimum absolute atomic E-state index is 0.000943. The van der Waals surface area contributed by atoms with Crippen LogP contribution in [0.2, 0.25) is 0 Å². The summed E-state index contributed by atoms with van der Waals surface area (Å²) in [7, 11) is 0. The highest BCUT2D eigenvalue weighted by molar-refractivity contribution is 5.98. The molecule has 3 N–H and O–H groups in total. The van der Waals surface area contributed by atoms with Gasteiger partial charge >= 0.3 is 0 Å². The molecule has 1 aromatic carbocycles. The average Bonchev–Trinajstić information content (AvgIpc) is 3.52. The number of fused-ring (bicyclic) bond motifs is 2. The molecule has 186 valence electrons. The number of nitrogens with one attached hydrogen (secondary N) is 3. The second-order valence-corrected chi connectivity index (χ2v) is 9.42. The monoisotopic (exact) mass is 504 g/mol. The van der Waals surface area contributed by atoms with Crippen LogP contribution in [-0.4, -0.2) is 41.0 Å². The van der Waals surface area contributed by atoms with Crippen LogP contribution in [0.15, 0.2) is 67.4 Å². The van der Waals surface area contributed by atoms with Crippen LogP contribution in [0.3, 0.4) is 0 Å². The summed E-state index contributed by atoms with van der Waals surface area (Å²) in [6.07, 6.45) is 11.3. The highest BCUT2D eigenvalue weighted by Crippen LogP contribution is 2.34. The van der Waals surface area contributed by atoms with E-state index >= 15 is 4.39 Å². The summed E-state index contributed by atoms with van der Waals surface area (Å²) in [5.41, 5.74) is 5.63. The van der Waals surface area contributed by atoms with E-state index in [0.29, 0.717) is 44.9 Å². The van der Waals surface area contributed by atoms with Crippen LogP contribution in [0, 0.1) is 11.7 Å². The Labute approximate surface area is 215 Å². The number of anilines is 1. The fourth-order valence-corrected chi connectivity index (χ4v) is 4.77. The number of nitrogens with zero attached hydrogens (tertiary/aromatic N) is 5. The van der Waals surface area contributed by atoms with Crippen molar-refractivity contribution in [3.8, 4) is 33.9 Å². The molecule has 10 heteroatoms. The Bertz CT molecular complexity index is 1820. The van der Waals surface area contributed by atoms with Gasteiger partial charge < -0.3 is 10.3 Å². The normalized spacial score (nSPS) is 13.6. The van der Waals surface area contributed by atoms with E-state index in [1.54, 1.807) is 37.1 Å². The van der Waals surface area contributed by atoms with Crippen LogP contribution in [0.25, 0.3) is 55.8 Å². The molecular weight excluding hydrogens is 483 g/mol. The second-order valence-electron chi connectivity index (χ2n) is 9.42. The third kappa shape index (κ3) is 3.78. The van der Waals surface area contributed by atoms with Crippen molar-refractivity contribution in [3.05, 3.63) is 73.2 Å². The first-order chi connectivity index (χ1) is 18.6. The summed E-state index contributed by atoms with van der Waals surface area (Å²) >= 11 is 0. The maximum Gasteiger partial charge on any atom is 0.227 e. The van der Waals surface area contributed by atoms with Gasteiger partial charge in [-0.1, -0.05) is 6.42 Å². The zero-order valence-corrected chi connectivity index (χ0v) is 20.1. The molecule has 0 aliphatic heterocycles. The molecule has 0 spiro atoms. The number of rotatable bonds is 5. The summed E-state index contributed by atoms with van der Waals surface area (Å²) in [6.45, 7) is 0. The Kier molecular flexibility index (Phi) is 5.17. The molecule has 0 radical (unpaired) electrons. The Balaban J connectivity index is 1.29. The first kappa shape index (κ1) is 22.2. The molecule has 0 saturated heterocycles. The van der Waals surface area contributed by atoms with Gasteiger partial charge in [-0.05, 0) is 54.8 Å². The van der Waals surface area contributed by atoms with Crippen molar-refractivity contribution in [2.45, 2.75) is 19.3 Å². The number of pyridine rings is 3. The summed E-state index contributed by atoms with van der Waals surface area (Å²) in [6, 6.07) is 10.7. The number of imidazole rings is 1. The lowest BCUT2D eigenvalue weighted by molar-refractivity contribution is -0.122. The Morgan fingerprint density at radius 1 is 0.974 bits per heavy atom. The number of hydrogen-bond donors (Lipinski definition) is 3. The molecule has 5 aromatic heterocycles. The van der Waals surface area contributed by atoms with Crippen molar-refractivity contribution < 1.29 is 9.18 Å². The zero-order valence-electron chi connectivity index (χ0n) is 20.1. The van der Waals surface area contributed by atoms with E-state index in [-0.39, 0.29) is 17.3 Å². The SMILES string of the molecule is O=C(Nc1cncc(-c2cc(F)c3n[nH]c(-c4nc5c(-c6cccnc6)nccc5[nH]4)c3c2)c1)C1CCC1. The molecule has 1 amide bonds. The van der Waals surface area contributed by atoms with Crippen LogP contribution in [0.1, 0.15) is 19.3 Å². The Morgan fingerprint density at radius 2 is 1.87 bits per heavy atom. The van der Waals surface area contributed by atoms with Gasteiger partial charge in [0, 0.05) is 47.2 Å². The summed E-state index contributed by atoms with van der Waals surface area (Å²) < 4.78 is 15.2. The topological polar surface area (TPSA) is 125 Å². The smallest absolute Gasteiger partial charge is 0.227 e. The highest BCUT2D eigenvalue weighted by atomic mass is 19.1. The summed E-state index contributed by atoms with van der Waals surface area (Å²) in [5, 5.41) is 10.7. The number of halogens is 1. The van der Waals surface area contributed by atoms with Gasteiger partial charge in [0.05, 0.1) is 23.1 Å². The molecule has 1 aliphatic rings. The zero-order chi connectivity index (χ0) is 25.6. The molecule has 0 unspecified atom stereocenters. The average molecular weight is 505 g/mol. The number of carbonyl (C=O) groups excluding carboxylic acids is 1. The lowest BCUT2D eigenvalue weighted by Gasteiger charge is -2.24. The van der Waals surface area contributed by atoms with Gasteiger partial charge in [0.15, 0.2) is 11.6 Å². The maximum atomic E-state index is 15.2. The first-order valence-electron chi connectivity index (χ1n) is 12.3. The van der Waals surface area contributed by atoms with E-state index in [1.165, 1.54) is 6.07 Å². The molecule has 0 atom stereocenters. The third-order valence-corrected chi connectivity index (χ3v) is 7.00. The highest BCUT2D eigenvalue weighted by Gasteiger charge is 2.25. The minimum Gasteiger partial charge on any atom is -0.337 e. The molecule has 7 rings (SSSR count). The fourth-order valence-electron chi connectivity index (χ4n) is 4.77. The standard InChI is InChI=1S/C28H21FN8O/c29-21-11-17(18-9-19(14-31-13-18)33-28(38)15-3-1-4-15)10-20-24(21)36-37-25(20)27-34-22-6-8-32-23(26(22)35-27)16-5-2-7-30-12-16/h2,5-15H,1,3-4H2,(H,33,38)(H,34,35)(H,36,37). The number of hydrogen-bond acceptors (Lipinski definition) is 6. The number of H-pyrrole nitrogens is 2. The minimum atomic E-state index is -0.474. The van der Waals surface area contributed by atoms with Gasteiger partial charge in [-0.2, -0.15) is 5.10 Å². The molecule has 1 saturated carbocycles. The molecule has 38 heavy (non-hydrogen) atoms. The molecule has 5 heterocycles. The van der Waals surface area contributed by atoms with E-state index in [1.807, 2.05) is 24.3 Å². The van der Waals surface area contributed by atoms with Gasteiger partial charge in [-0.15, -0.1) is 0 Å². The molecule has 6 aromatic rings. The molecular formula is C28H21FN8O. The summed E-state index contributed by atoms with van der Waals surface area (Å²) in [4.78, 5) is 33.5. The van der Waals surface area contributed by atoms with E-state index < -0.39 is 5.82 Å². The molecule has 0 bridgehead atoms. The molecule has 1 aliphatic carbocycles. The quantitative estimate of drug-likeness (QED) is 0.285. The van der Waals surface area contributed by atoms with Crippen molar-refractivity contribution in [3.63, 3.8) is 0 Å². The van der Waals surface area contributed by atoms with Crippen molar-refractivity contribution in [2.24, 2.45) is 5.92 Å². The maximum absolute atomic E-state index is 15.2. The second kappa shape index (κ2) is 8.84. The van der Waals surface area contributed by atoms with E-state index in [2.05, 4.69) is 35.5 Å². The van der Waals surface area contributed by atoms with Crippen LogP contribution in [0.4, 0.5) is 10.1 Å². The van der Waals surface area contributed by atoms with Gasteiger partial charge in [0.1, 0.15) is 16.7 Å². The van der Waals surface area contributed by atoms with Crippen molar-refractivity contribution in [2.75, 3.05) is 5.32 Å². The fraction of sp³-hybridized carbons (Fsp3) is 0.143. The van der Waals surface area contributed by atoms with Gasteiger partial charge in [0.25, 0.3) is 0 Å². The predicted molar refractivity (Wildman–Crippen MR) is 141 cm³/mol. The van der Waals surface area contributed by atoms with E-state index in [4.69, 9.17) is 4.98 Å². The number of aromatic nitrogens is 7. The number of carbonyl (C=O) groups is 1. The van der Waals surface area contributed by atoms with Crippen molar-refractivity contribution in [1.82, 2.24) is 35.1 Å². The Hall–Kier alpha value is -4.99. The van der Waals surface area contributed by atoms with Crippen LogP contribution in [0.5, 0.6) is 0 Å². The van der Waals surface area contributed by atoms with Crippen molar-refractivity contribution in [1.29, 1.82) is 0 Å². The predicted octanol–water partition coefficient (Wildman–Crippen LogP) is 5.50. The lowest BCUT2D eigenvalue weighted by Crippen LogP contribution is -2.28. The van der Waals surface area contributed by atoms with Crippen LogP contribution < -0.4 is 5.32 Å². The molecule has 9 nitrogen and oxygen atoms in total. The van der Waals surface area contributed by atoms with Gasteiger partial charge in [-0.25, -0.2) is 9.37 Å². The van der Waals surface area contributed by atoms with Crippen molar-refractivity contribution >= 4 is 33.5 Å². The summed E-state index contributed by atoms with van der Waals surface area (Å²) in [5.74, 6) is 0.0900. The number of amides is 1. The van der Waals surface area contributed by atoms with Crippen LogP contribution in [-0.2, 0) is 4.79 Å². The number of benzene rings is 1. The Morgan fingerprint density at radius 3 is 2.68 bits per heavy atom. The van der Waals surface area contributed by atoms with E-state index in [0.717, 1.165) is 30.3 Å². The van der Waals surface area contributed by atoms with Gasteiger partial charge in [-0.3, -0.25) is 24.8 Å². The number of aromatic amines is 2. The lowest BCUT2D eigenvalue weighted by atomic mass is 9.85. The first-order valence-corrected chi connectivity index (χ1v) is 12.3. The largest absolute Gasteiger partial charge is 0.337 e. The third-order valence-electron chi connectivity index (χ3n) is 7.00. The van der Waals surface area contributed by atoms with Crippen LogP contribution >= 0.6 is 0 Å². The van der Waals surface area contributed by atoms with E-state index in [9.17, 15) is 4.79 Å². The molecule has 1 fully saturated rings. The van der Waals surface area contributed by atoms with Gasteiger partial charge in [0.2, 0.25) is 5.91 Å².